The molecule has 0 bridgehead atoms. The maximum Gasteiger partial charge on any atom is 0.255 e. The SMILES string of the molecule is CCCSc1nc2n(n1)C(c1ccc(OCCc3ccccc3)c(OC)c1)C(C(=O)Nc1ccccc1C)=C(C)N2. The monoisotopic (exact) mass is 569 g/mol. The van der Waals surface area contributed by atoms with Crippen LogP contribution in [0, 0.1) is 6.92 Å². The Balaban J connectivity index is 1.48. The van der Waals surface area contributed by atoms with Crippen LogP contribution in [0.2, 0.25) is 0 Å². The number of hydrogen-bond acceptors (Lipinski definition) is 7. The van der Waals surface area contributed by atoms with Crippen molar-refractivity contribution in [3.05, 3.63) is 101 Å². The molecule has 4 aromatic rings. The van der Waals surface area contributed by atoms with Gasteiger partial charge in [0, 0.05) is 23.6 Å². The smallest absolute Gasteiger partial charge is 0.255 e. The van der Waals surface area contributed by atoms with Crippen molar-refractivity contribution in [2.75, 3.05) is 30.1 Å². The number of fused-ring (bicyclic) bond motifs is 1. The van der Waals surface area contributed by atoms with E-state index in [1.165, 1.54) is 5.56 Å². The fourth-order valence-electron chi connectivity index (χ4n) is 4.79. The number of methoxy groups -OCH3 is 1. The maximum absolute atomic E-state index is 13.9. The van der Waals surface area contributed by atoms with Crippen LogP contribution in [0.3, 0.4) is 0 Å². The summed E-state index contributed by atoms with van der Waals surface area (Å²) in [6, 6.07) is 23.2. The summed E-state index contributed by atoms with van der Waals surface area (Å²) >= 11 is 1.60. The van der Waals surface area contributed by atoms with Gasteiger partial charge in [-0.25, -0.2) is 4.68 Å². The van der Waals surface area contributed by atoms with Crippen LogP contribution in [0.25, 0.3) is 0 Å². The van der Waals surface area contributed by atoms with E-state index < -0.39 is 6.04 Å². The molecule has 0 radical (unpaired) electrons. The average Bonchev–Trinajstić information content (AvgIpc) is 3.39. The number of nitrogens with one attached hydrogen (secondary N) is 2. The molecule has 0 saturated heterocycles. The lowest BCUT2D eigenvalue weighted by Crippen LogP contribution is -2.31. The Morgan fingerprint density at radius 2 is 1.83 bits per heavy atom. The van der Waals surface area contributed by atoms with Crippen LogP contribution in [0.15, 0.2) is 89.2 Å². The summed E-state index contributed by atoms with van der Waals surface area (Å²) in [5, 5.41) is 11.9. The molecule has 9 heteroatoms. The standard InChI is InChI=1S/C32H35N5O3S/c1-5-19-41-32-35-31-33-22(3)28(30(38)34-25-14-10-9-11-21(25)2)29(37(31)36-32)24-15-16-26(27(20-24)39-4)40-18-17-23-12-7-6-8-13-23/h6-16,20,29H,5,17-19H2,1-4H3,(H,34,38)(H,33,35,36). The van der Waals surface area contributed by atoms with Gasteiger partial charge >= 0.3 is 0 Å². The lowest BCUT2D eigenvalue weighted by atomic mass is 9.94. The lowest BCUT2D eigenvalue weighted by Gasteiger charge is -2.29. The van der Waals surface area contributed by atoms with Gasteiger partial charge in [0.25, 0.3) is 5.91 Å². The molecule has 1 aliphatic rings. The maximum atomic E-state index is 13.9. The van der Waals surface area contributed by atoms with Crippen LogP contribution < -0.4 is 20.1 Å². The summed E-state index contributed by atoms with van der Waals surface area (Å²) in [5.41, 5.74) is 5.06. The number of para-hydroxylation sites is 1. The van der Waals surface area contributed by atoms with Crippen molar-refractivity contribution < 1.29 is 14.3 Å². The van der Waals surface area contributed by atoms with Crippen molar-refractivity contribution in [3.8, 4) is 11.5 Å². The van der Waals surface area contributed by atoms with E-state index in [1.807, 2.05) is 74.5 Å². The van der Waals surface area contributed by atoms with Gasteiger partial charge in [-0.05, 0) is 55.2 Å². The number of benzene rings is 3. The number of allylic oxidation sites excluding steroid dienone is 1. The summed E-state index contributed by atoms with van der Waals surface area (Å²) in [5.74, 6) is 2.53. The molecule has 212 valence electrons. The molecule has 1 aromatic heterocycles. The van der Waals surface area contributed by atoms with Crippen LogP contribution in [-0.4, -0.2) is 40.1 Å². The molecular weight excluding hydrogens is 534 g/mol. The van der Waals surface area contributed by atoms with Gasteiger partial charge in [0.2, 0.25) is 11.1 Å². The van der Waals surface area contributed by atoms with Crippen molar-refractivity contribution in [3.63, 3.8) is 0 Å². The van der Waals surface area contributed by atoms with E-state index in [-0.39, 0.29) is 5.91 Å². The second-order valence-electron chi connectivity index (χ2n) is 9.84. The molecule has 1 amide bonds. The number of rotatable bonds is 11. The van der Waals surface area contributed by atoms with E-state index >= 15 is 0 Å². The van der Waals surface area contributed by atoms with E-state index in [0.29, 0.717) is 34.8 Å². The Morgan fingerprint density at radius 1 is 1.05 bits per heavy atom. The third-order valence-electron chi connectivity index (χ3n) is 6.90. The van der Waals surface area contributed by atoms with Gasteiger partial charge in [-0.3, -0.25) is 4.79 Å². The Labute approximate surface area is 245 Å². The summed E-state index contributed by atoms with van der Waals surface area (Å²) in [7, 11) is 1.62. The average molecular weight is 570 g/mol. The second-order valence-corrected chi connectivity index (χ2v) is 10.9. The number of carbonyl (C=O) groups is 1. The van der Waals surface area contributed by atoms with Gasteiger partial charge in [0.15, 0.2) is 11.5 Å². The fourth-order valence-corrected chi connectivity index (χ4v) is 5.47. The van der Waals surface area contributed by atoms with E-state index in [2.05, 4.69) is 29.7 Å². The first-order valence-electron chi connectivity index (χ1n) is 13.8. The molecule has 0 fully saturated rings. The second kappa shape index (κ2) is 13.0. The molecule has 5 rings (SSSR count). The van der Waals surface area contributed by atoms with Crippen molar-refractivity contribution in [2.45, 2.75) is 44.8 Å². The number of thioether (sulfide) groups is 1. The van der Waals surface area contributed by atoms with Gasteiger partial charge in [-0.2, -0.15) is 4.98 Å². The van der Waals surface area contributed by atoms with Gasteiger partial charge in [-0.1, -0.05) is 73.3 Å². The number of nitrogens with zero attached hydrogens (tertiary/aromatic N) is 3. The Hall–Kier alpha value is -4.24. The van der Waals surface area contributed by atoms with Gasteiger partial charge < -0.3 is 20.1 Å². The Morgan fingerprint density at radius 3 is 2.59 bits per heavy atom. The van der Waals surface area contributed by atoms with Gasteiger partial charge in [-0.15, -0.1) is 5.10 Å². The minimum atomic E-state index is -0.522. The molecule has 1 aliphatic heterocycles. The molecule has 3 aromatic carbocycles. The molecule has 0 aliphatic carbocycles. The van der Waals surface area contributed by atoms with Crippen LogP contribution >= 0.6 is 11.8 Å². The Kier molecular flexibility index (Phi) is 8.94. The minimum Gasteiger partial charge on any atom is -0.493 e. The van der Waals surface area contributed by atoms with Crippen molar-refractivity contribution in [2.24, 2.45) is 0 Å². The highest BCUT2D eigenvalue weighted by Gasteiger charge is 2.35. The van der Waals surface area contributed by atoms with Crippen molar-refractivity contribution in [1.29, 1.82) is 0 Å². The minimum absolute atomic E-state index is 0.208. The van der Waals surface area contributed by atoms with Gasteiger partial charge in [0.1, 0.15) is 6.04 Å². The molecule has 0 spiro atoms. The van der Waals surface area contributed by atoms with E-state index in [0.717, 1.165) is 41.1 Å². The topological polar surface area (TPSA) is 90.3 Å². The number of hydrogen-bond donors (Lipinski definition) is 2. The first-order valence-corrected chi connectivity index (χ1v) is 14.8. The summed E-state index contributed by atoms with van der Waals surface area (Å²) < 4.78 is 13.7. The van der Waals surface area contributed by atoms with E-state index in [1.54, 1.807) is 23.6 Å². The van der Waals surface area contributed by atoms with Crippen LogP contribution in [-0.2, 0) is 11.2 Å². The third-order valence-corrected chi connectivity index (χ3v) is 7.94. The quantitative estimate of drug-likeness (QED) is 0.196. The first kappa shape index (κ1) is 28.3. The molecule has 2 N–H and O–H groups in total. The number of anilines is 2. The van der Waals surface area contributed by atoms with E-state index in [4.69, 9.17) is 19.6 Å². The molecule has 0 saturated carbocycles. The molecule has 41 heavy (non-hydrogen) atoms. The zero-order valence-corrected chi connectivity index (χ0v) is 24.6. The van der Waals surface area contributed by atoms with Crippen LogP contribution in [0.1, 0.15) is 43.0 Å². The normalized spacial score (nSPS) is 14.3. The zero-order chi connectivity index (χ0) is 28.8. The zero-order valence-electron chi connectivity index (χ0n) is 23.8. The molecule has 8 nitrogen and oxygen atoms in total. The number of carbonyl (C=O) groups excluding carboxylic acids is 1. The number of ether oxygens (including phenoxy) is 2. The predicted molar refractivity (Wildman–Crippen MR) is 164 cm³/mol. The van der Waals surface area contributed by atoms with Crippen molar-refractivity contribution >= 4 is 29.3 Å². The fraction of sp³-hybridized carbons (Fsp3) is 0.281. The van der Waals surface area contributed by atoms with Gasteiger partial charge in [0.05, 0.1) is 19.3 Å². The lowest BCUT2D eigenvalue weighted by molar-refractivity contribution is -0.113. The molecule has 2 heterocycles. The largest absolute Gasteiger partial charge is 0.493 e. The third kappa shape index (κ3) is 6.41. The first-order chi connectivity index (χ1) is 20.0. The van der Waals surface area contributed by atoms with E-state index in [9.17, 15) is 4.79 Å². The number of aryl methyl sites for hydroxylation is 1. The summed E-state index contributed by atoms with van der Waals surface area (Å²) in [6.07, 6.45) is 1.79. The molecular formula is C32H35N5O3S. The van der Waals surface area contributed by atoms with Crippen LogP contribution in [0.5, 0.6) is 11.5 Å². The predicted octanol–water partition coefficient (Wildman–Crippen LogP) is 6.65. The Bertz CT molecular complexity index is 1550. The highest BCUT2D eigenvalue weighted by atomic mass is 32.2. The highest BCUT2D eigenvalue weighted by Crippen LogP contribution is 2.40. The molecule has 1 atom stereocenters. The number of amides is 1. The summed E-state index contributed by atoms with van der Waals surface area (Å²) in [6.45, 7) is 6.51. The molecule has 1 unspecified atom stereocenters. The van der Waals surface area contributed by atoms with Crippen molar-refractivity contribution in [1.82, 2.24) is 14.8 Å². The summed E-state index contributed by atoms with van der Waals surface area (Å²) in [4.78, 5) is 18.6. The highest BCUT2D eigenvalue weighted by molar-refractivity contribution is 7.99. The number of aromatic nitrogens is 3. The van der Waals surface area contributed by atoms with Crippen LogP contribution in [0.4, 0.5) is 11.6 Å².